The van der Waals surface area contributed by atoms with Crippen LogP contribution in [0, 0.1) is 19.7 Å². The van der Waals surface area contributed by atoms with Crippen molar-refractivity contribution in [2.75, 3.05) is 33.4 Å². The molecule has 1 saturated heterocycles. The van der Waals surface area contributed by atoms with Crippen LogP contribution in [0.5, 0.6) is 0 Å². The standard InChI is InChI=1S/C23H34FN5O2.HI/c1-6-25-23(26-13-21-17(3)27-29(18(21)4)11-12-30-5)28-14-16(2)31-22(15-28)19-7-9-20(24)10-8-19;/h7-10,16,22H,6,11-15H2,1-5H3,(H,25,26);1H. The third-order valence-electron chi connectivity index (χ3n) is 5.56. The number of aromatic nitrogens is 2. The topological polar surface area (TPSA) is 63.9 Å². The molecule has 32 heavy (non-hydrogen) atoms. The number of benzene rings is 1. The summed E-state index contributed by atoms with van der Waals surface area (Å²) in [5, 5.41) is 8.06. The highest BCUT2D eigenvalue weighted by atomic mass is 127. The van der Waals surface area contributed by atoms with Crippen LogP contribution in [0.1, 0.15) is 42.5 Å². The Kier molecular flexibility index (Phi) is 10.4. The second-order valence-corrected chi connectivity index (χ2v) is 7.93. The lowest BCUT2D eigenvalue weighted by Crippen LogP contribution is -2.50. The van der Waals surface area contributed by atoms with E-state index in [2.05, 4.69) is 36.1 Å². The summed E-state index contributed by atoms with van der Waals surface area (Å²) in [4.78, 5) is 7.16. The summed E-state index contributed by atoms with van der Waals surface area (Å²) in [6.07, 6.45) is -0.0959. The number of aliphatic imine (C=N–C) groups is 1. The van der Waals surface area contributed by atoms with Gasteiger partial charge in [0.15, 0.2) is 5.96 Å². The Labute approximate surface area is 207 Å². The van der Waals surface area contributed by atoms with Crippen molar-refractivity contribution in [3.05, 3.63) is 52.6 Å². The molecule has 2 heterocycles. The van der Waals surface area contributed by atoms with Crippen molar-refractivity contribution in [3.8, 4) is 0 Å². The van der Waals surface area contributed by atoms with E-state index in [9.17, 15) is 4.39 Å². The number of methoxy groups -OCH3 is 1. The monoisotopic (exact) mass is 559 g/mol. The van der Waals surface area contributed by atoms with Crippen molar-refractivity contribution >= 4 is 29.9 Å². The average Bonchev–Trinajstić information content (AvgIpc) is 3.02. The minimum atomic E-state index is -0.240. The van der Waals surface area contributed by atoms with Crippen molar-refractivity contribution in [2.45, 2.75) is 53.0 Å². The van der Waals surface area contributed by atoms with Crippen LogP contribution in [-0.4, -0.2) is 60.1 Å². The van der Waals surface area contributed by atoms with Crippen LogP contribution in [0.4, 0.5) is 4.39 Å². The molecule has 0 saturated carbocycles. The Morgan fingerprint density at radius 1 is 1.28 bits per heavy atom. The molecule has 2 unspecified atom stereocenters. The second kappa shape index (κ2) is 12.5. The number of guanidine groups is 1. The van der Waals surface area contributed by atoms with Gasteiger partial charge < -0.3 is 19.7 Å². The molecule has 2 aromatic rings. The van der Waals surface area contributed by atoms with Gasteiger partial charge in [-0.25, -0.2) is 9.38 Å². The maximum atomic E-state index is 13.3. The van der Waals surface area contributed by atoms with E-state index < -0.39 is 0 Å². The Hall–Kier alpha value is -1.72. The normalized spacial score (nSPS) is 19.1. The van der Waals surface area contributed by atoms with E-state index in [0.717, 1.165) is 48.1 Å². The molecule has 0 amide bonds. The number of halogens is 2. The fourth-order valence-electron chi connectivity index (χ4n) is 3.92. The molecule has 1 fully saturated rings. The lowest BCUT2D eigenvalue weighted by Gasteiger charge is -2.38. The van der Waals surface area contributed by atoms with Crippen LogP contribution in [-0.2, 0) is 22.6 Å². The first-order valence-corrected chi connectivity index (χ1v) is 10.9. The smallest absolute Gasteiger partial charge is 0.194 e. The molecule has 0 radical (unpaired) electrons. The first-order chi connectivity index (χ1) is 14.9. The molecule has 0 aliphatic carbocycles. The Morgan fingerprint density at radius 3 is 2.66 bits per heavy atom. The predicted octanol–water partition coefficient (Wildman–Crippen LogP) is 3.83. The molecule has 178 valence electrons. The van der Waals surface area contributed by atoms with Crippen molar-refractivity contribution in [1.82, 2.24) is 20.0 Å². The zero-order valence-corrected chi connectivity index (χ0v) is 21.9. The number of aryl methyl sites for hydroxylation is 1. The van der Waals surface area contributed by atoms with Crippen LogP contribution in [0.2, 0.25) is 0 Å². The maximum absolute atomic E-state index is 13.3. The summed E-state index contributed by atoms with van der Waals surface area (Å²) in [5.41, 5.74) is 4.23. The summed E-state index contributed by atoms with van der Waals surface area (Å²) in [6.45, 7) is 12.3. The zero-order chi connectivity index (χ0) is 22.4. The fraction of sp³-hybridized carbons (Fsp3) is 0.565. The number of rotatable bonds is 7. The molecule has 3 rings (SSSR count). The number of hydrogen-bond acceptors (Lipinski definition) is 4. The van der Waals surface area contributed by atoms with Crippen molar-refractivity contribution < 1.29 is 13.9 Å². The number of nitrogens with zero attached hydrogens (tertiary/aromatic N) is 4. The van der Waals surface area contributed by atoms with Gasteiger partial charge in [-0.2, -0.15) is 5.10 Å². The fourth-order valence-corrected chi connectivity index (χ4v) is 3.92. The van der Waals surface area contributed by atoms with Gasteiger partial charge in [0.05, 0.1) is 38.0 Å². The van der Waals surface area contributed by atoms with E-state index in [-0.39, 0.29) is 42.0 Å². The van der Waals surface area contributed by atoms with Gasteiger partial charge in [-0.05, 0) is 45.4 Å². The molecule has 1 aliphatic rings. The van der Waals surface area contributed by atoms with Gasteiger partial charge in [0.25, 0.3) is 0 Å². The number of morpholine rings is 1. The van der Waals surface area contributed by atoms with Gasteiger partial charge in [-0.15, -0.1) is 24.0 Å². The van der Waals surface area contributed by atoms with E-state index in [4.69, 9.17) is 14.5 Å². The number of hydrogen-bond donors (Lipinski definition) is 1. The Morgan fingerprint density at radius 2 is 2.00 bits per heavy atom. The van der Waals surface area contributed by atoms with Crippen LogP contribution >= 0.6 is 24.0 Å². The van der Waals surface area contributed by atoms with Gasteiger partial charge in [0, 0.05) is 31.5 Å². The predicted molar refractivity (Wildman–Crippen MR) is 135 cm³/mol. The van der Waals surface area contributed by atoms with Crippen molar-refractivity contribution in [2.24, 2.45) is 4.99 Å². The van der Waals surface area contributed by atoms with Gasteiger partial charge in [-0.1, -0.05) is 12.1 Å². The SMILES string of the molecule is CCNC(=NCc1c(C)nn(CCOC)c1C)N1CC(C)OC(c2ccc(F)cc2)C1.I. The molecule has 0 bridgehead atoms. The highest BCUT2D eigenvalue weighted by molar-refractivity contribution is 14.0. The molecule has 1 aromatic heterocycles. The number of nitrogens with one attached hydrogen (secondary N) is 1. The van der Waals surface area contributed by atoms with Gasteiger partial charge in [0.1, 0.15) is 11.9 Å². The molecular weight excluding hydrogens is 524 g/mol. The van der Waals surface area contributed by atoms with E-state index in [1.807, 2.05) is 11.6 Å². The van der Waals surface area contributed by atoms with Gasteiger partial charge in [0.2, 0.25) is 0 Å². The van der Waals surface area contributed by atoms with Crippen LogP contribution in [0.25, 0.3) is 0 Å². The van der Waals surface area contributed by atoms with Gasteiger partial charge >= 0.3 is 0 Å². The molecule has 1 aliphatic heterocycles. The van der Waals surface area contributed by atoms with E-state index in [1.54, 1.807) is 19.2 Å². The lowest BCUT2D eigenvalue weighted by molar-refractivity contribution is -0.0605. The molecule has 7 nitrogen and oxygen atoms in total. The Balaban J connectivity index is 0.00000363. The second-order valence-electron chi connectivity index (χ2n) is 7.93. The summed E-state index contributed by atoms with van der Waals surface area (Å²) < 4.78 is 26.6. The van der Waals surface area contributed by atoms with Crippen molar-refractivity contribution in [3.63, 3.8) is 0 Å². The minimum absolute atomic E-state index is 0. The quantitative estimate of drug-likeness (QED) is 0.318. The Bertz CT molecular complexity index is 887. The largest absolute Gasteiger partial charge is 0.383 e. The number of ether oxygens (including phenoxy) is 2. The van der Waals surface area contributed by atoms with E-state index >= 15 is 0 Å². The average molecular weight is 559 g/mol. The molecule has 2 atom stereocenters. The van der Waals surface area contributed by atoms with Crippen molar-refractivity contribution in [1.29, 1.82) is 0 Å². The summed E-state index contributed by atoms with van der Waals surface area (Å²) in [5.74, 6) is 0.615. The summed E-state index contributed by atoms with van der Waals surface area (Å²) >= 11 is 0. The minimum Gasteiger partial charge on any atom is -0.383 e. The summed E-state index contributed by atoms with van der Waals surface area (Å²) in [6, 6.07) is 6.55. The van der Waals surface area contributed by atoms with E-state index in [1.165, 1.54) is 12.1 Å². The molecule has 0 spiro atoms. The molecular formula is C23H35FIN5O2. The molecule has 9 heteroatoms. The third kappa shape index (κ3) is 6.64. The first-order valence-electron chi connectivity index (χ1n) is 10.9. The molecule has 1 N–H and O–H groups in total. The van der Waals surface area contributed by atoms with Crippen LogP contribution in [0.3, 0.4) is 0 Å². The molecule has 1 aromatic carbocycles. The zero-order valence-electron chi connectivity index (χ0n) is 19.6. The lowest BCUT2D eigenvalue weighted by atomic mass is 10.1. The highest BCUT2D eigenvalue weighted by Crippen LogP contribution is 2.26. The first kappa shape index (κ1) is 26.5. The van der Waals surface area contributed by atoms with Crippen LogP contribution in [0.15, 0.2) is 29.3 Å². The van der Waals surface area contributed by atoms with Gasteiger partial charge in [-0.3, -0.25) is 4.68 Å². The summed E-state index contributed by atoms with van der Waals surface area (Å²) in [7, 11) is 1.70. The van der Waals surface area contributed by atoms with Crippen LogP contribution < -0.4 is 5.32 Å². The van der Waals surface area contributed by atoms with E-state index in [0.29, 0.717) is 19.7 Å². The maximum Gasteiger partial charge on any atom is 0.194 e. The highest BCUT2D eigenvalue weighted by Gasteiger charge is 2.28. The third-order valence-corrected chi connectivity index (χ3v) is 5.56.